The van der Waals surface area contributed by atoms with Gasteiger partial charge in [0.2, 0.25) is 0 Å². The zero-order valence-electron chi connectivity index (χ0n) is 6.34. The lowest BCUT2D eigenvalue weighted by Crippen LogP contribution is -2.29. The van der Waals surface area contributed by atoms with Gasteiger partial charge in [-0.15, -0.1) is 0 Å². The molecule has 0 saturated carbocycles. The molecular formula is C8H13NO. The molecule has 1 rings (SSSR count). The number of rotatable bonds is 1. The van der Waals surface area contributed by atoms with Gasteiger partial charge in [-0.2, -0.15) is 0 Å². The van der Waals surface area contributed by atoms with Gasteiger partial charge in [-0.05, 0) is 38.9 Å². The normalized spacial score (nSPS) is 22.1. The number of piperidine rings is 1. The Bertz CT molecular complexity index is 141. The highest BCUT2D eigenvalue weighted by Gasteiger charge is 2.13. The molecule has 0 aromatic heterocycles. The first-order valence-electron chi connectivity index (χ1n) is 3.72. The maximum atomic E-state index is 9.96. The molecule has 0 aliphatic carbocycles. The molecule has 10 heavy (non-hydrogen) atoms. The van der Waals surface area contributed by atoms with Gasteiger partial charge in [-0.3, -0.25) is 0 Å². The molecule has 0 bridgehead atoms. The van der Waals surface area contributed by atoms with E-state index >= 15 is 0 Å². The van der Waals surface area contributed by atoms with Crippen LogP contribution in [0.5, 0.6) is 0 Å². The Morgan fingerprint density at radius 3 is 2.60 bits per heavy atom. The van der Waals surface area contributed by atoms with Crippen molar-refractivity contribution in [1.82, 2.24) is 4.90 Å². The summed E-state index contributed by atoms with van der Waals surface area (Å²) in [4.78, 5) is 12.2. The molecular weight excluding hydrogens is 126 g/mol. The summed E-state index contributed by atoms with van der Waals surface area (Å²) in [7, 11) is 2.11. The number of likely N-dealkylation sites (tertiary alicyclic amines) is 1. The number of hydrogen-bond acceptors (Lipinski definition) is 2. The first-order chi connectivity index (χ1) is 4.83. The molecule has 0 amide bonds. The number of nitrogens with zero attached hydrogens (tertiary/aromatic N) is 1. The fourth-order valence-corrected chi connectivity index (χ4v) is 1.29. The maximum absolute atomic E-state index is 9.96. The van der Waals surface area contributed by atoms with Gasteiger partial charge in [0, 0.05) is 6.08 Å². The van der Waals surface area contributed by atoms with E-state index in [-0.39, 0.29) is 0 Å². The molecule has 0 atom stereocenters. The van der Waals surface area contributed by atoms with E-state index in [1.54, 1.807) is 6.08 Å². The lowest BCUT2D eigenvalue weighted by Gasteiger charge is -2.25. The Balaban J connectivity index is 2.32. The first kappa shape index (κ1) is 7.52. The van der Waals surface area contributed by atoms with Crippen LogP contribution in [0.1, 0.15) is 12.8 Å². The van der Waals surface area contributed by atoms with Crippen molar-refractivity contribution in [3.05, 3.63) is 6.08 Å². The van der Waals surface area contributed by atoms with Crippen LogP contribution in [-0.2, 0) is 4.79 Å². The van der Waals surface area contributed by atoms with Crippen LogP contribution < -0.4 is 0 Å². The minimum Gasteiger partial charge on any atom is -0.306 e. The third-order valence-corrected chi connectivity index (χ3v) is 2.07. The standard InChI is InChI=1S/C8H13NO/c1-9-5-2-8(3-6-9)4-7-10/h4,8H,2-3,5-6H2,1H3. The molecule has 0 unspecified atom stereocenters. The Morgan fingerprint density at radius 2 is 2.10 bits per heavy atom. The van der Waals surface area contributed by atoms with E-state index in [0.717, 1.165) is 25.9 Å². The Labute approximate surface area is 61.5 Å². The molecule has 1 fully saturated rings. The second kappa shape index (κ2) is 3.55. The third-order valence-electron chi connectivity index (χ3n) is 2.07. The summed E-state index contributed by atoms with van der Waals surface area (Å²) in [6, 6.07) is 0. The van der Waals surface area contributed by atoms with Crippen LogP contribution >= 0.6 is 0 Å². The molecule has 0 aromatic rings. The van der Waals surface area contributed by atoms with Gasteiger partial charge >= 0.3 is 0 Å². The Morgan fingerprint density at radius 1 is 1.50 bits per heavy atom. The average molecular weight is 139 g/mol. The van der Waals surface area contributed by atoms with Crippen molar-refractivity contribution in [3.63, 3.8) is 0 Å². The number of carbonyl (C=O) groups excluding carboxylic acids is 1. The smallest absolute Gasteiger partial charge is 0.120 e. The maximum Gasteiger partial charge on any atom is 0.120 e. The zero-order chi connectivity index (χ0) is 7.40. The summed E-state index contributed by atoms with van der Waals surface area (Å²) in [6.07, 6.45) is 3.89. The van der Waals surface area contributed by atoms with Crippen LogP contribution in [0.25, 0.3) is 0 Å². The van der Waals surface area contributed by atoms with Crippen LogP contribution in [0, 0.1) is 5.92 Å². The van der Waals surface area contributed by atoms with E-state index < -0.39 is 0 Å². The molecule has 1 saturated heterocycles. The summed E-state index contributed by atoms with van der Waals surface area (Å²) < 4.78 is 0. The van der Waals surface area contributed by atoms with E-state index in [4.69, 9.17) is 0 Å². The van der Waals surface area contributed by atoms with Crippen LogP contribution in [0.2, 0.25) is 0 Å². The minimum atomic E-state index is 0.494. The van der Waals surface area contributed by atoms with E-state index in [2.05, 4.69) is 11.9 Å². The van der Waals surface area contributed by atoms with Crippen molar-refractivity contribution in [2.75, 3.05) is 20.1 Å². The predicted molar refractivity (Wildman–Crippen MR) is 40.5 cm³/mol. The van der Waals surface area contributed by atoms with Crippen molar-refractivity contribution in [3.8, 4) is 0 Å². The van der Waals surface area contributed by atoms with Crippen LogP contribution in [0.15, 0.2) is 6.08 Å². The highest BCUT2D eigenvalue weighted by Crippen LogP contribution is 2.15. The van der Waals surface area contributed by atoms with E-state index in [1.165, 1.54) is 0 Å². The molecule has 0 spiro atoms. The van der Waals surface area contributed by atoms with Crippen LogP contribution in [0.4, 0.5) is 0 Å². The van der Waals surface area contributed by atoms with Gasteiger partial charge in [0.1, 0.15) is 5.94 Å². The first-order valence-corrected chi connectivity index (χ1v) is 3.72. The minimum absolute atomic E-state index is 0.494. The summed E-state index contributed by atoms with van der Waals surface area (Å²) >= 11 is 0. The van der Waals surface area contributed by atoms with Crippen molar-refractivity contribution < 1.29 is 4.79 Å². The van der Waals surface area contributed by atoms with Crippen molar-refractivity contribution in [1.29, 1.82) is 0 Å². The highest BCUT2D eigenvalue weighted by atomic mass is 16.1. The van der Waals surface area contributed by atoms with Crippen molar-refractivity contribution in [2.24, 2.45) is 5.92 Å². The van der Waals surface area contributed by atoms with Gasteiger partial charge in [-0.1, -0.05) is 0 Å². The molecule has 1 aliphatic rings. The molecule has 2 nitrogen and oxygen atoms in total. The summed E-state index contributed by atoms with van der Waals surface area (Å²) in [5.41, 5.74) is 0. The van der Waals surface area contributed by atoms with Crippen molar-refractivity contribution in [2.45, 2.75) is 12.8 Å². The third kappa shape index (κ3) is 1.98. The number of hydrogen-bond donors (Lipinski definition) is 0. The van der Waals surface area contributed by atoms with E-state index in [1.807, 2.05) is 5.94 Å². The Kier molecular flexibility index (Phi) is 2.67. The van der Waals surface area contributed by atoms with Gasteiger partial charge in [0.05, 0.1) is 0 Å². The molecule has 1 aliphatic heterocycles. The lowest BCUT2D eigenvalue weighted by atomic mass is 9.98. The van der Waals surface area contributed by atoms with Crippen LogP contribution in [0.3, 0.4) is 0 Å². The van der Waals surface area contributed by atoms with E-state index in [9.17, 15) is 4.79 Å². The molecule has 0 N–H and O–H groups in total. The fourth-order valence-electron chi connectivity index (χ4n) is 1.29. The SMILES string of the molecule is CN1CCC(C=C=O)CC1. The largest absolute Gasteiger partial charge is 0.306 e. The van der Waals surface area contributed by atoms with Gasteiger partial charge in [-0.25, -0.2) is 4.79 Å². The molecule has 1 heterocycles. The molecule has 2 heteroatoms. The summed E-state index contributed by atoms with van der Waals surface area (Å²) in [5, 5.41) is 0. The van der Waals surface area contributed by atoms with Gasteiger partial charge < -0.3 is 4.90 Å². The average Bonchev–Trinajstić information content (AvgIpc) is 1.95. The molecule has 56 valence electrons. The zero-order valence-corrected chi connectivity index (χ0v) is 6.34. The topological polar surface area (TPSA) is 20.3 Å². The van der Waals surface area contributed by atoms with E-state index in [0.29, 0.717) is 5.92 Å². The molecule has 0 aromatic carbocycles. The predicted octanol–water partition coefficient (Wildman–Crippen LogP) is 0.716. The molecule has 0 radical (unpaired) electrons. The van der Waals surface area contributed by atoms with Gasteiger partial charge in [0.15, 0.2) is 0 Å². The van der Waals surface area contributed by atoms with Crippen molar-refractivity contribution >= 4 is 5.94 Å². The number of allylic oxidation sites excluding steroid dienone is 1. The summed E-state index contributed by atoms with van der Waals surface area (Å²) in [5.74, 6) is 2.35. The quantitative estimate of drug-likeness (QED) is 0.499. The lowest BCUT2D eigenvalue weighted by molar-refractivity contribution is 0.244. The second-order valence-corrected chi connectivity index (χ2v) is 2.93. The van der Waals surface area contributed by atoms with Gasteiger partial charge in [0.25, 0.3) is 0 Å². The second-order valence-electron chi connectivity index (χ2n) is 2.93. The fraction of sp³-hybridized carbons (Fsp3) is 0.750. The Hall–Kier alpha value is -0.590. The van der Waals surface area contributed by atoms with Crippen LogP contribution in [-0.4, -0.2) is 31.0 Å². The summed E-state index contributed by atoms with van der Waals surface area (Å²) in [6.45, 7) is 2.23. The monoisotopic (exact) mass is 139 g/mol. The highest BCUT2D eigenvalue weighted by molar-refractivity contribution is 5.45.